The molecule has 118 valence electrons. The van der Waals surface area contributed by atoms with Gasteiger partial charge in [-0.3, -0.25) is 4.79 Å². The molecule has 22 heavy (non-hydrogen) atoms. The first-order valence-electron chi connectivity index (χ1n) is 6.34. The first-order valence-corrected chi connectivity index (χ1v) is 9.39. The van der Waals surface area contributed by atoms with Crippen LogP contribution in [0.5, 0.6) is 0 Å². The average Bonchev–Trinajstić information content (AvgIpc) is 2.90. The van der Waals surface area contributed by atoms with Gasteiger partial charge < -0.3 is 0 Å². The standard InChI is InChI=1S/C14H13Cl2NO3S2/c1-9(18)13-5-3-11(21-13)6-7-17-22(19,20)14-8-10(15)2-4-12(14)16/h2-5,8,17H,6-7H2,1H3. The maximum absolute atomic E-state index is 12.2. The summed E-state index contributed by atoms with van der Waals surface area (Å²) in [6, 6.07) is 7.84. The van der Waals surface area contributed by atoms with Crippen LogP contribution in [0.2, 0.25) is 10.0 Å². The van der Waals surface area contributed by atoms with Crippen LogP contribution in [-0.2, 0) is 16.4 Å². The zero-order valence-electron chi connectivity index (χ0n) is 11.6. The van der Waals surface area contributed by atoms with Crippen LogP contribution in [0.3, 0.4) is 0 Å². The number of hydrogen-bond acceptors (Lipinski definition) is 4. The largest absolute Gasteiger partial charge is 0.294 e. The summed E-state index contributed by atoms with van der Waals surface area (Å²) in [7, 11) is -3.72. The fourth-order valence-electron chi connectivity index (χ4n) is 1.77. The molecular formula is C14H13Cl2NO3S2. The number of ketones is 1. The highest BCUT2D eigenvalue weighted by Gasteiger charge is 2.18. The molecule has 0 saturated heterocycles. The molecule has 0 atom stereocenters. The molecule has 1 heterocycles. The Bertz CT molecular complexity index is 800. The van der Waals surface area contributed by atoms with E-state index in [1.54, 1.807) is 6.07 Å². The molecule has 0 aliphatic heterocycles. The van der Waals surface area contributed by atoms with Crippen molar-refractivity contribution in [2.24, 2.45) is 0 Å². The predicted octanol–water partition coefficient (Wildman–Crippen LogP) is 3.78. The lowest BCUT2D eigenvalue weighted by Crippen LogP contribution is -2.26. The summed E-state index contributed by atoms with van der Waals surface area (Å²) >= 11 is 13.1. The van der Waals surface area contributed by atoms with Crippen molar-refractivity contribution in [3.05, 3.63) is 50.1 Å². The van der Waals surface area contributed by atoms with Crippen molar-refractivity contribution in [2.45, 2.75) is 18.2 Å². The Labute approximate surface area is 143 Å². The summed E-state index contributed by atoms with van der Waals surface area (Å²) in [5, 5.41) is 0.418. The first kappa shape index (κ1) is 17.4. The van der Waals surface area contributed by atoms with Crippen molar-refractivity contribution in [1.82, 2.24) is 4.72 Å². The second-order valence-corrected chi connectivity index (χ2v) is 8.29. The third kappa shape index (κ3) is 4.30. The van der Waals surface area contributed by atoms with E-state index >= 15 is 0 Å². The number of carbonyl (C=O) groups is 1. The van der Waals surface area contributed by atoms with E-state index in [4.69, 9.17) is 23.2 Å². The summed E-state index contributed by atoms with van der Waals surface area (Å²) in [6.45, 7) is 1.71. The van der Waals surface area contributed by atoms with Crippen molar-refractivity contribution >= 4 is 50.3 Å². The van der Waals surface area contributed by atoms with E-state index in [2.05, 4.69) is 4.72 Å². The summed E-state index contributed by atoms with van der Waals surface area (Å²) in [5.41, 5.74) is 0. The van der Waals surface area contributed by atoms with Crippen LogP contribution in [0.15, 0.2) is 35.2 Å². The number of thiophene rings is 1. The normalized spacial score (nSPS) is 11.6. The lowest BCUT2D eigenvalue weighted by Gasteiger charge is -2.08. The zero-order chi connectivity index (χ0) is 16.3. The van der Waals surface area contributed by atoms with Gasteiger partial charge in [0.1, 0.15) is 4.90 Å². The molecule has 1 aromatic carbocycles. The molecule has 1 aromatic heterocycles. The summed E-state index contributed by atoms with van der Waals surface area (Å²) in [5.74, 6) is 0.00235. The minimum absolute atomic E-state index is 0.00235. The van der Waals surface area contributed by atoms with Crippen LogP contribution < -0.4 is 4.72 Å². The SMILES string of the molecule is CC(=O)c1ccc(CCNS(=O)(=O)c2cc(Cl)ccc2Cl)s1. The molecule has 0 aliphatic carbocycles. The molecule has 0 spiro atoms. The number of halogens is 2. The predicted molar refractivity (Wildman–Crippen MR) is 89.7 cm³/mol. The molecule has 0 unspecified atom stereocenters. The molecule has 8 heteroatoms. The Hall–Kier alpha value is -0.920. The second kappa shape index (κ2) is 7.10. The molecule has 0 aliphatic rings. The van der Waals surface area contributed by atoms with Gasteiger partial charge in [-0.15, -0.1) is 11.3 Å². The van der Waals surface area contributed by atoms with Crippen LogP contribution in [0.4, 0.5) is 0 Å². The Morgan fingerprint density at radius 1 is 1.23 bits per heavy atom. The van der Waals surface area contributed by atoms with Crippen LogP contribution >= 0.6 is 34.5 Å². The van der Waals surface area contributed by atoms with Gasteiger partial charge in [-0.05, 0) is 43.7 Å². The molecule has 0 saturated carbocycles. The van der Waals surface area contributed by atoms with Gasteiger partial charge in [0.25, 0.3) is 0 Å². The molecular weight excluding hydrogens is 365 g/mol. The smallest absolute Gasteiger partial charge is 0.242 e. The van der Waals surface area contributed by atoms with E-state index in [-0.39, 0.29) is 22.2 Å². The number of benzene rings is 1. The first-order chi connectivity index (χ1) is 10.3. The summed E-state index contributed by atoms with van der Waals surface area (Å²) in [6.07, 6.45) is 0.495. The van der Waals surface area contributed by atoms with Crippen molar-refractivity contribution in [3.63, 3.8) is 0 Å². The van der Waals surface area contributed by atoms with Gasteiger partial charge in [0.05, 0.1) is 9.90 Å². The Kier molecular flexibility index (Phi) is 5.63. The van der Waals surface area contributed by atoms with E-state index in [0.29, 0.717) is 16.3 Å². The molecule has 1 N–H and O–H groups in total. The van der Waals surface area contributed by atoms with Crippen LogP contribution in [0.1, 0.15) is 21.5 Å². The lowest BCUT2D eigenvalue weighted by atomic mass is 10.3. The molecule has 2 aromatic rings. The van der Waals surface area contributed by atoms with E-state index < -0.39 is 10.0 Å². The molecule has 0 fully saturated rings. The zero-order valence-corrected chi connectivity index (χ0v) is 14.7. The fraction of sp³-hybridized carbons (Fsp3) is 0.214. The molecule has 0 radical (unpaired) electrons. The average molecular weight is 378 g/mol. The quantitative estimate of drug-likeness (QED) is 0.779. The highest BCUT2D eigenvalue weighted by Crippen LogP contribution is 2.25. The topological polar surface area (TPSA) is 63.2 Å². The minimum Gasteiger partial charge on any atom is -0.294 e. The molecule has 0 bridgehead atoms. The lowest BCUT2D eigenvalue weighted by molar-refractivity contribution is 0.102. The van der Waals surface area contributed by atoms with Crippen molar-refractivity contribution < 1.29 is 13.2 Å². The minimum atomic E-state index is -3.72. The highest BCUT2D eigenvalue weighted by molar-refractivity contribution is 7.89. The van der Waals surface area contributed by atoms with Crippen LogP contribution in [-0.4, -0.2) is 20.7 Å². The number of sulfonamides is 1. The molecule has 2 rings (SSSR count). The number of carbonyl (C=O) groups excluding carboxylic acids is 1. The van der Waals surface area contributed by atoms with E-state index in [1.165, 1.54) is 36.5 Å². The van der Waals surface area contributed by atoms with Crippen LogP contribution in [0, 0.1) is 0 Å². The Balaban J connectivity index is 2.03. The number of nitrogens with one attached hydrogen (secondary N) is 1. The van der Waals surface area contributed by atoms with Gasteiger partial charge in [0, 0.05) is 16.4 Å². The molecule has 0 amide bonds. The van der Waals surface area contributed by atoms with Gasteiger partial charge in [0.15, 0.2) is 5.78 Å². The number of hydrogen-bond donors (Lipinski definition) is 1. The van der Waals surface area contributed by atoms with Crippen molar-refractivity contribution in [3.8, 4) is 0 Å². The summed E-state index contributed by atoms with van der Waals surface area (Å²) in [4.78, 5) is 12.8. The second-order valence-electron chi connectivity index (χ2n) is 4.54. The number of rotatable bonds is 6. The Morgan fingerprint density at radius 3 is 2.59 bits per heavy atom. The van der Waals surface area contributed by atoms with Gasteiger partial charge in [0.2, 0.25) is 10.0 Å². The number of Topliss-reactive ketones (excluding diaryl/α,β-unsaturated/α-hetero) is 1. The van der Waals surface area contributed by atoms with E-state index in [0.717, 1.165) is 4.88 Å². The maximum atomic E-state index is 12.2. The third-order valence-electron chi connectivity index (χ3n) is 2.85. The third-order valence-corrected chi connectivity index (χ3v) is 6.28. The fourth-order valence-corrected chi connectivity index (χ4v) is 4.47. The van der Waals surface area contributed by atoms with Gasteiger partial charge in [-0.1, -0.05) is 23.2 Å². The van der Waals surface area contributed by atoms with Crippen LogP contribution in [0.25, 0.3) is 0 Å². The molecule has 4 nitrogen and oxygen atoms in total. The Morgan fingerprint density at radius 2 is 1.95 bits per heavy atom. The van der Waals surface area contributed by atoms with Crippen molar-refractivity contribution in [2.75, 3.05) is 6.54 Å². The maximum Gasteiger partial charge on any atom is 0.242 e. The monoisotopic (exact) mass is 377 g/mol. The summed E-state index contributed by atoms with van der Waals surface area (Å²) < 4.78 is 26.9. The van der Waals surface area contributed by atoms with E-state index in [9.17, 15) is 13.2 Å². The van der Waals surface area contributed by atoms with E-state index in [1.807, 2.05) is 6.07 Å². The van der Waals surface area contributed by atoms with Gasteiger partial charge in [-0.25, -0.2) is 13.1 Å². The van der Waals surface area contributed by atoms with Gasteiger partial charge >= 0.3 is 0 Å². The van der Waals surface area contributed by atoms with Crippen molar-refractivity contribution in [1.29, 1.82) is 0 Å². The highest BCUT2D eigenvalue weighted by atomic mass is 35.5. The van der Waals surface area contributed by atoms with Gasteiger partial charge in [-0.2, -0.15) is 0 Å².